The number of nitrogens with two attached hydrogens (primary N) is 1. The Bertz CT molecular complexity index is 397. The third-order valence-electron chi connectivity index (χ3n) is 3.04. The smallest absolute Gasteiger partial charge is 0.237 e. The number of carbonyl (C=O) groups excluding carboxylic acids is 1. The van der Waals surface area contributed by atoms with Crippen molar-refractivity contribution in [1.82, 2.24) is 10.2 Å². The molecule has 0 heterocycles. The van der Waals surface area contributed by atoms with E-state index in [1.165, 1.54) is 0 Å². The first-order valence-corrected chi connectivity index (χ1v) is 8.18. The minimum atomic E-state index is -0.434. The fourth-order valence-corrected chi connectivity index (χ4v) is 2.43. The van der Waals surface area contributed by atoms with Crippen molar-refractivity contribution in [3.8, 4) is 0 Å². The van der Waals surface area contributed by atoms with E-state index in [1.54, 1.807) is 11.8 Å². The highest BCUT2D eigenvalue weighted by atomic mass is 32.2. The molecule has 1 rings (SSSR count). The Kier molecular flexibility index (Phi) is 7.65. The third kappa shape index (κ3) is 5.94. The Balaban J connectivity index is 2.68. The van der Waals surface area contributed by atoms with Crippen molar-refractivity contribution >= 4 is 17.7 Å². The van der Waals surface area contributed by atoms with Gasteiger partial charge in [0.1, 0.15) is 0 Å². The van der Waals surface area contributed by atoms with Crippen molar-refractivity contribution in [2.45, 2.75) is 18.5 Å². The monoisotopic (exact) mass is 295 g/mol. The van der Waals surface area contributed by atoms with Gasteiger partial charge in [0, 0.05) is 6.54 Å². The summed E-state index contributed by atoms with van der Waals surface area (Å²) in [5.41, 5.74) is 7.02. The van der Waals surface area contributed by atoms with E-state index in [0.29, 0.717) is 6.42 Å². The van der Waals surface area contributed by atoms with Gasteiger partial charge >= 0.3 is 0 Å². The van der Waals surface area contributed by atoms with Gasteiger partial charge in [0.2, 0.25) is 5.91 Å². The van der Waals surface area contributed by atoms with Crippen molar-refractivity contribution < 1.29 is 4.79 Å². The SMILES string of the molecule is CSCC[C@H](N)C(=O)NC(CN(C)C)c1ccccc1. The molecule has 0 aliphatic heterocycles. The highest BCUT2D eigenvalue weighted by molar-refractivity contribution is 7.98. The lowest BCUT2D eigenvalue weighted by molar-refractivity contribution is -0.123. The maximum absolute atomic E-state index is 12.2. The predicted molar refractivity (Wildman–Crippen MR) is 86.9 cm³/mol. The van der Waals surface area contributed by atoms with Crippen LogP contribution in [0.25, 0.3) is 0 Å². The summed E-state index contributed by atoms with van der Waals surface area (Å²) in [5.74, 6) is 0.827. The van der Waals surface area contributed by atoms with Crippen LogP contribution >= 0.6 is 11.8 Å². The minimum absolute atomic E-state index is 0.0287. The number of rotatable bonds is 8. The van der Waals surface area contributed by atoms with Crippen LogP contribution in [0.4, 0.5) is 0 Å². The minimum Gasteiger partial charge on any atom is -0.347 e. The summed E-state index contributed by atoms with van der Waals surface area (Å²) in [4.78, 5) is 14.2. The molecule has 1 unspecified atom stereocenters. The number of likely N-dealkylation sites (N-methyl/N-ethyl adjacent to an activating group) is 1. The molecule has 112 valence electrons. The molecule has 1 aromatic carbocycles. The van der Waals surface area contributed by atoms with Crippen LogP contribution in [0.1, 0.15) is 18.0 Å². The standard InChI is InChI=1S/C15H25N3OS/c1-18(2)11-14(12-7-5-4-6-8-12)17-15(19)13(16)9-10-20-3/h4-8,13-14H,9-11,16H2,1-3H3,(H,17,19)/t13-,14?/m0/s1. The van der Waals surface area contributed by atoms with E-state index in [4.69, 9.17) is 5.73 Å². The lowest BCUT2D eigenvalue weighted by Gasteiger charge is -2.24. The largest absolute Gasteiger partial charge is 0.347 e. The predicted octanol–water partition coefficient (Wildman–Crippen LogP) is 1.49. The molecule has 2 atom stereocenters. The fraction of sp³-hybridized carbons (Fsp3) is 0.533. The number of hydrogen-bond acceptors (Lipinski definition) is 4. The molecule has 3 N–H and O–H groups in total. The third-order valence-corrected chi connectivity index (χ3v) is 3.68. The molecule has 5 heteroatoms. The Morgan fingerprint density at radius 1 is 1.35 bits per heavy atom. The van der Waals surface area contributed by atoms with E-state index in [0.717, 1.165) is 17.9 Å². The summed E-state index contributed by atoms with van der Waals surface area (Å²) in [6.07, 6.45) is 2.72. The van der Waals surface area contributed by atoms with Gasteiger partial charge in [0.25, 0.3) is 0 Å². The lowest BCUT2D eigenvalue weighted by atomic mass is 10.1. The summed E-state index contributed by atoms with van der Waals surface area (Å²) in [6, 6.07) is 9.54. The molecule has 0 aromatic heterocycles. The number of nitrogens with one attached hydrogen (secondary N) is 1. The number of hydrogen-bond donors (Lipinski definition) is 2. The van der Waals surface area contributed by atoms with Gasteiger partial charge in [0.15, 0.2) is 0 Å². The Morgan fingerprint density at radius 2 is 2.00 bits per heavy atom. The van der Waals surface area contributed by atoms with E-state index in [9.17, 15) is 4.79 Å². The molecular formula is C15H25N3OS. The van der Waals surface area contributed by atoms with Crippen LogP contribution in [0, 0.1) is 0 Å². The zero-order valence-corrected chi connectivity index (χ0v) is 13.3. The maximum Gasteiger partial charge on any atom is 0.237 e. The van der Waals surface area contributed by atoms with Crippen LogP contribution in [-0.2, 0) is 4.79 Å². The average Bonchev–Trinajstić information content (AvgIpc) is 2.44. The maximum atomic E-state index is 12.2. The van der Waals surface area contributed by atoms with Gasteiger partial charge in [-0.25, -0.2) is 0 Å². The molecule has 4 nitrogen and oxygen atoms in total. The van der Waals surface area contributed by atoms with Crippen LogP contribution in [-0.4, -0.2) is 49.5 Å². The van der Waals surface area contributed by atoms with Gasteiger partial charge in [-0.1, -0.05) is 30.3 Å². The topological polar surface area (TPSA) is 58.4 Å². The van der Waals surface area contributed by atoms with E-state index in [2.05, 4.69) is 10.2 Å². The van der Waals surface area contributed by atoms with Gasteiger partial charge in [-0.05, 0) is 38.1 Å². The molecule has 20 heavy (non-hydrogen) atoms. The Labute approximate surface area is 126 Å². The molecule has 0 fully saturated rings. The van der Waals surface area contributed by atoms with Crippen molar-refractivity contribution in [3.05, 3.63) is 35.9 Å². The molecule has 1 amide bonds. The molecular weight excluding hydrogens is 270 g/mol. The second kappa shape index (κ2) is 9.00. The number of benzene rings is 1. The molecule has 1 aromatic rings. The van der Waals surface area contributed by atoms with E-state index < -0.39 is 6.04 Å². The summed E-state index contributed by atoms with van der Waals surface area (Å²) in [5, 5.41) is 3.06. The van der Waals surface area contributed by atoms with Crippen LogP contribution in [0.2, 0.25) is 0 Å². The van der Waals surface area contributed by atoms with Gasteiger partial charge in [0.05, 0.1) is 12.1 Å². The quantitative estimate of drug-likeness (QED) is 0.763. The first-order valence-electron chi connectivity index (χ1n) is 6.79. The molecule has 0 aliphatic carbocycles. The fourth-order valence-electron chi connectivity index (χ4n) is 1.94. The number of nitrogens with zero attached hydrogens (tertiary/aromatic N) is 1. The number of amides is 1. The average molecular weight is 295 g/mol. The van der Waals surface area contributed by atoms with Crippen molar-refractivity contribution in [3.63, 3.8) is 0 Å². The van der Waals surface area contributed by atoms with Crippen LogP contribution < -0.4 is 11.1 Å². The molecule has 0 aliphatic rings. The summed E-state index contributed by atoms with van der Waals surface area (Å²) in [6.45, 7) is 0.755. The normalized spacial score (nSPS) is 14.1. The van der Waals surface area contributed by atoms with E-state index >= 15 is 0 Å². The van der Waals surface area contributed by atoms with Gasteiger partial charge < -0.3 is 16.0 Å². The van der Waals surface area contributed by atoms with Gasteiger partial charge in [-0.15, -0.1) is 0 Å². The highest BCUT2D eigenvalue weighted by Crippen LogP contribution is 2.13. The van der Waals surface area contributed by atoms with Crippen molar-refractivity contribution in [2.24, 2.45) is 5.73 Å². The first kappa shape index (κ1) is 17.0. The second-order valence-corrected chi connectivity index (χ2v) is 6.11. The van der Waals surface area contributed by atoms with E-state index in [1.807, 2.05) is 50.7 Å². The molecule has 0 saturated heterocycles. The van der Waals surface area contributed by atoms with Crippen LogP contribution in [0.5, 0.6) is 0 Å². The molecule has 0 bridgehead atoms. The van der Waals surface area contributed by atoms with Crippen LogP contribution in [0.15, 0.2) is 30.3 Å². The number of thioether (sulfide) groups is 1. The highest BCUT2D eigenvalue weighted by Gasteiger charge is 2.19. The summed E-state index contributed by atoms with van der Waals surface area (Å²) < 4.78 is 0. The van der Waals surface area contributed by atoms with Gasteiger partial charge in [-0.2, -0.15) is 11.8 Å². The van der Waals surface area contributed by atoms with E-state index in [-0.39, 0.29) is 11.9 Å². The summed E-state index contributed by atoms with van der Waals surface area (Å²) >= 11 is 1.71. The molecule has 0 spiro atoms. The Hall–Kier alpha value is -1.04. The second-order valence-electron chi connectivity index (χ2n) is 5.12. The zero-order chi connectivity index (χ0) is 15.0. The summed E-state index contributed by atoms with van der Waals surface area (Å²) in [7, 11) is 3.99. The molecule has 0 radical (unpaired) electrons. The van der Waals surface area contributed by atoms with Crippen molar-refractivity contribution in [1.29, 1.82) is 0 Å². The first-order chi connectivity index (χ1) is 9.54. The van der Waals surface area contributed by atoms with Gasteiger partial charge in [-0.3, -0.25) is 4.79 Å². The lowest BCUT2D eigenvalue weighted by Crippen LogP contribution is -2.44. The number of carbonyl (C=O) groups is 1. The Morgan fingerprint density at radius 3 is 2.55 bits per heavy atom. The van der Waals surface area contributed by atoms with Crippen molar-refractivity contribution in [2.75, 3.05) is 32.6 Å². The zero-order valence-electron chi connectivity index (χ0n) is 12.5. The molecule has 0 saturated carbocycles. The van der Waals surface area contributed by atoms with Crippen LogP contribution in [0.3, 0.4) is 0 Å².